The number of phenolic OH excluding ortho intramolecular Hbond substituents is 1. The average Bonchev–Trinajstić information content (AvgIpc) is 3.41. The summed E-state index contributed by atoms with van der Waals surface area (Å²) >= 11 is 0. The molecule has 11 nitrogen and oxygen atoms in total. The monoisotopic (exact) mass is 710 g/mol. The van der Waals surface area contributed by atoms with Crippen molar-refractivity contribution in [2.75, 3.05) is 44.6 Å². The number of allylic oxidation sites excluding steroid dienone is 2. The summed E-state index contributed by atoms with van der Waals surface area (Å²) in [6, 6.07) is 14.5. The normalized spacial score (nSPS) is 21.9. The third-order valence-electron chi connectivity index (χ3n) is 10.2. The Balaban J connectivity index is 0.967. The van der Waals surface area contributed by atoms with Gasteiger partial charge in [-0.2, -0.15) is 0 Å². The number of hydrogen-bond acceptors (Lipinski definition) is 9. The van der Waals surface area contributed by atoms with Crippen molar-refractivity contribution in [3.63, 3.8) is 0 Å². The summed E-state index contributed by atoms with van der Waals surface area (Å²) in [5.74, 6) is -0.0453. The molecule has 3 aliphatic heterocycles. The van der Waals surface area contributed by atoms with E-state index in [1.54, 1.807) is 23.1 Å². The van der Waals surface area contributed by atoms with Crippen molar-refractivity contribution in [2.45, 2.75) is 56.8 Å². The molecule has 52 heavy (non-hydrogen) atoms. The smallest absolute Gasteiger partial charge is 0.255 e. The number of aromatic hydroxyl groups is 1. The Hall–Kier alpha value is -5.14. The molecule has 1 unspecified atom stereocenters. The van der Waals surface area contributed by atoms with Gasteiger partial charge in [0.2, 0.25) is 6.41 Å². The van der Waals surface area contributed by atoms with E-state index in [0.717, 1.165) is 86.9 Å². The molecule has 2 amide bonds. The summed E-state index contributed by atoms with van der Waals surface area (Å²) in [5.41, 5.74) is 3.61. The summed E-state index contributed by atoms with van der Waals surface area (Å²) in [6.07, 6.45) is 10.8. The Bertz CT molecular complexity index is 1880. The van der Waals surface area contributed by atoms with E-state index in [4.69, 9.17) is 0 Å². The van der Waals surface area contributed by atoms with Gasteiger partial charge in [0.15, 0.2) is 0 Å². The van der Waals surface area contributed by atoms with Crippen molar-refractivity contribution in [1.29, 1.82) is 0 Å². The van der Waals surface area contributed by atoms with Gasteiger partial charge in [-0.05, 0) is 91.3 Å². The lowest BCUT2D eigenvalue weighted by atomic mass is 9.91. The second-order valence-electron chi connectivity index (χ2n) is 13.9. The van der Waals surface area contributed by atoms with Gasteiger partial charge in [-0.1, -0.05) is 18.2 Å². The van der Waals surface area contributed by atoms with Crippen LogP contribution >= 0.6 is 0 Å². The van der Waals surface area contributed by atoms with Gasteiger partial charge in [0.1, 0.15) is 29.0 Å². The van der Waals surface area contributed by atoms with Gasteiger partial charge in [-0.25, -0.2) is 13.8 Å². The quantitative estimate of drug-likeness (QED) is 0.203. The lowest BCUT2D eigenvalue weighted by molar-refractivity contribution is -0.118. The number of hydrogen-bond donors (Lipinski definition) is 4. The van der Waals surface area contributed by atoms with Crippen LogP contribution in [0.2, 0.25) is 0 Å². The number of anilines is 2. The van der Waals surface area contributed by atoms with Crippen LogP contribution < -0.4 is 16.0 Å². The van der Waals surface area contributed by atoms with Crippen molar-refractivity contribution in [3.05, 3.63) is 95.9 Å². The van der Waals surface area contributed by atoms with Gasteiger partial charge in [-0.15, -0.1) is 0 Å². The third kappa shape index (κ3) is 8.65. The van der Waals surface area contributed by atoms with Gasteiger partial charge in [0, 0.05) is 69.8 Å². The predicted octanol–water partition coefficient (Wildman–Crippen LogP) is 5.10. The molecule has 4 heterocycles. The van der Waals surface area contributed by atoms with Gasteiger partial charge < -0.3 is 30.9 Å². The molecule has 1 atom stereocenters. The minimum Gasteiger partial charge on any atom is -0.508 e. The Kier molecular flexibility index (Phi) is 10.9. The number of halogens is 2. The number of nitrogens with zero attached hydrogens (tertiary/aromatic N) is 5. The zero-order valence-corrected chi connectivity index (χ0v) is 29.0. The van der Waals surface area contributed by atoms with Crippen LogP contribution in [0.15, 0.2) is 83.9 Å². The number of benzene rings is 2. The Morgan fingerprint density at radius 3 is 2.67 bits per heavy atom. The zero-order chi connectivity index (χ0) is 36.0. The van der Waals surface area contributed by atoms with E-state index in [0.29, 0.717) is 37.9 Å². The number of pyridine rings is 1. The topological polar surface area (TPSA) is 125 Å². The van der Waals surface area contributed by atoms with Gasteiger partial charge in [-0.3, -0.25) is 19.5 Å². The number of amidine groups is 1. The molecule has 2 aromatic carbocycles. The van der Waals surface area contributed by atoms with Crippen LogP contribution in [0.5, 0.6) is 5.75 Å². The van der Waals surface area contributed by atoms with Crippen LogP contribution in [0.4, 0.5) is 20.3 Å². The van der Waals surface area contributed by atoms with Crippen molar-refractivity contribution in [1.82, 2.24) is 30.3 Å². The van der Waals surface area contributed by atoms with Gasteiger partial charge >= 0.3 is 0 Å². The van der Waals surface area contributed by atoms with Crippen LogP contribution in [0.25, 0.3) is 11.1 Å². The fourth-order valence-corrected chi connectivity index (χ4v) is 7.45. The standard InChI is InChI=1S/C39H44F2N8O3/c40-28-5-12-37-44-33(24-49(37)23-28)21-42-30-6-8-31(9-7-30)46-39(52)36-19-29(41)20-43-38(36)45-32-4-1-3-26(17-32)35-11-10-34(51)18-27(35)22-47-13-2-14-48(25-50)16-15-47/h1,3-5,10-12,17-20,23,25,30-31,33,42,51H,2,6-9,13-16,21-22,24H2,(H,43,45)(H,46,52). The molecule has 272 valence electrons. The highest BCUT2D eigenvalue weighted by molar-refractivity contribution is 5.99. The maximum Gasteiger partial charge on any atom is 0.255 e. The molecule has 1 aromatic heterocycles. The second kappa shape index (κ2) is 16.0. The molecular formula is C39H44F2N8O3. The molecule has 7 rings (SSSR count). The Labute approximate surface area is 302 Å². The number of nitrogens with one attached hydrogen (secondary N) is 3. The van der Waals surface area contributed by atoms with E-state index < -0.39 is 5.82 Å². The van der Waals surface area contributed by atoms with Crippen molar-refractivity contribution >= 4 is 29.7 Å². The first-order valence-corrected chi connectivity index (χ1v) is 18.0. The number of amides is 2. The minimum atomic E-state index is -0.601. The summed E-state index contributed by atoms with van der Waals surface area (Å²) in [7, 11) is 0. The van der Waals surface area contributed by atoms with Crippen LogP contribution in [0.3, 0.4) is 0 Å². The molecule has 4 N–H and O–H groups in total. The average molecular weight is 711 g/mol. The van der Waals surface area contributed by atoms with Crippen molar-refractivity contribution in [2.24, 2.45) is 4.99 Å². The lowest BCUT2D eigenvalue weighted by Gasteiger charge is -2.30. The molecule has 1 saturated heterocycles. The van der Waals surface area contributed by atoms with E-state index in [1.807, 2.05) is 35.2 Å². The van der Waals surface area contributed by atoms with Gasteiger partial charge in [0.05, 0.1) is 17.8 Å². The molecule has 1 saturated carbocycles. The number of aliphatic imine (C=N–C) groups is 1. The summed E-state index contributed by atoms with van der Waals surface area (Å²) < 4.78 is 28.0. The highest BCUT2D eigenvalue weighted by Crippen LogP contribution is 2.31. The SMILES string of the molecule is O=CN1CCCN(Cc2cc(O)ccc2-c2cccc(Nc3ncc(F)cc3C(=O)NC3CCC(NCC4CN5C=C(F)C=CC5=N4)CC3)c2)CC1. The fraction of sp³-hybridized carbons (Fsp3) is 0.385. The number of aromatic nitrogens is 1. The molecule has 2 fully saturated rings. The first-order chi connectivity index (χ1) is 25.3. The van der Waals surface area contributed by atoms with Crippen LogP contribution in [-0.2, 0) is 11.3 Å². The van der Waals surface area contributed by atoms with Gasteiger partial charge in [0.25, 0.3) is 5.91 Å². The lowest BCUT2D eigenvalue weighted by Crippen LogP contribution is -2.44. The van der Waals surface area contributed by atoms with Crippen molar-refractivity contribution < 1.29 is 23.5 Å². The molecule has 4 aliphatic rings. The third-order valence-corrected chi connectivity index (χ3v) is 10.2. The minimum absolute atomic E-state index is 0.0514. The molecule has 0 radical (unpaired) electrons. The molecule has 3 aromatic rings. The number of carbonyl (C=O) groups is 2. The first kappa shape index (κ1) is 35.3. The Morgan fingerprint density at radius 1 is 0.981 bits per heavy atom. The maximum atomic E-state index is 14.5. The van der Waals surface area contributed by atoms with Crippen LogP contribution in [-0.4, -0.2) is 100 Å². The predicted molar refractivity (Wildman–Crippen MR) is 196 cm³/mol. The maximum absolute atomic E-state index is 14.5. The van der Waals surface area contributed by atoms with E-state index in [2.05, 4.69) is 30.8 Å². The second-order valence-corrected chi connectivity index (χ2v) is 13.9. The summed E-state index contributed by atoms with van der Waals surface area (Å²) in [5, 5.41) is 20.3. The van der Waals surface area contributed by atoms with E-state index in [9.17, 15) is 23.5 Å². The number of rotatable bonds is 11. The highest BCUT2D eigenvalue weighted by Gasteiger charge is 2.28. The first-order valence-electron chi connectivity index (χ1n) is 18.0. The molecule has 0 bridgehead atoms. The number of phenols is 1. The van der Waals surface area contributed by atoms with E-state index in [1.165, 1.54) is 18.3 Å². The van der Waals surface area contributed by atoms with Crippen LogP contribution in [0, 0.1) is 5.82 Å². The highest BCUT2D eigenvalue weighted by atomic mass is 19.1. The Morgan fingerprint density at radius 2 is 1.83 bits per heavy atom. The van der Waals surface area contributed by atoms with Crippen molar-refractivity contribution in [3.8, 4) is 16.9 Å². The zero-order valence-electron chi connectivity index (χ0n) is 29.0. The number of carbonyl (C=O) groups excluding carboxylic acids is 2. The molecule has 0 spiro atoms. The van der Waals surface area contributed by atoms with Crippen LogP contribution in [0.1, 0.15) is 48.0 Å². The van der Waals surface area contributed by atoms with E-state index in [-0.39, 0.29) is 40.9 Å². The fourth-order valence-electron chi connectivity index (χ4n) is 7.45. The molecule has 13 heteroatoms. The summed E-state index contributed by atoms with van der Waals surface area (Å²) in [6.45, 7) is 4.94. The van der Waals surface area contributed by atoms with E-state index >= 15 is 0 Å². The number of fused-ring (bicyclic) bond motifs is 1. The molecule has 1 aliphatic carbocycles. The molecular weight excluding hydrogens is 666 g/mol. The summed E-state index contributed by atoms with van der Waals surface area (Å²) in [4.78, 5) is 39.7. The largest absolute Gasteiger partial charge is 0.508 e.